The van der Waals surface area contributed by atoms with Gasteiger partial charge in [0, 0.05) is 29.7 Å². The van der Waals surface area contributed by atoms with Gasteiger partial charge in [0.1, 0.15) is 0 Å². The van der Waals surface area contributed by atoms with Crippen LogP contribution in [0.5, 0.6) is 0 Å². The maximum atomic E-state index is 13.8. The van der Waals surface area contributed by atoms with E-state index in [1.165, 1.54) is 6.07 Å². The summed E-state index contributed by atoms with van der Waals surface area (Å²) in [5, 5.41) is 0. The van der Waals surface area contributed by atoms with Crippen molar-refractivity contribution in [3.8, 4) is 0 Å². The summed E-state index contributed by atoms with van der Waals surface area (Å²) in [6, 6.07) is 1.53. The molecule has 1 rings (SSSR count). The zero-order valence-electron chi connectivity index (χ0n) is 9.78. The third kappa shape index (κ3) is 4.20. The maximum absolute atomic E-state index is 13.8. The largest absolute Gasteiger partial charge is 0.393 e. The van der Waals surface area contributed by atoms with E-state index in [0.717, 1.165) is 0 Å². The van der Waals surface area contributed by atoms with E-state index in [0.29, 0.717) is 28.2 Å². The first-order valence-corrected chi connectivity index (χ1v) is 6.48. The van der Waals surface area contributed by atoms with Crippen LogP contribution >= 0.6 is 28.1 Å². The zero-order chi connectivity index (χ0) is 13.0. The van der Waals surface area contributed by atoms with Crippen molar-refractivity contribution >= 4 is 39.0 Å². The van der Waals surface area contributed by atoms with Gasteiger partial charge in [-0.25, -0.2) is 9.37 Å². The third-order valence-corrected chi connectivity index (χ3v) is 2.92. The van der Waals surface area contributed by atoms with Crippen LogP contribution in [-0.4, -0.2) is 22.6 Å². The van der Waals surface area contributed by atoms with Crippen molar-refractivity contribution < 1.29 is 4.39 Å². The summed E-state index contributed by atoms with van der Waals surface area (Å²) in [6.45, 7) is 4.52. The smallest absolute Gasteiger partial charge is 0.166 e. The molecule has 0 saturated carbocycles. The molecule has 0 fully saturated rings. The van der Waals surface area contributed by atoms with Crippen LogP contribution in [0.4, 0.5) is 10.2 Å². The normalized spacial score (nSPS) is 10.6. The average Bonchev–Trinajstić information content (AvgIpc) is 2.20. The molecule has 0 amide bonds. The fraction of sp³-hybridized carbons (Fsp3) is 0.455. The van der Waals surface area contributed by atoms with Crippen LogP contribution in [0, 0.1) is 5.82 Å². The highest BCUT2D eigenvalue weighted by Gasteiger charge is 2.16. The minimum absolute atomic E-state index is 0.132. The number of hydrogen-bond acceptors (Lipinski definition) is 3. The van der Waals surface area contributed by atoms with Crippen molar-refractivity contribution in [3.63, 3.8) is 0 Å². The van der Waals surface area contributed by atoms with Crippen molar-refractivity contribution in [2.75, 3.05) is 11.4 Å². The van der Waals surface area contributed by atoms with Crippen LogP contribution in [0.1, 0.15) is 20.3 Å². The van der Waals surface area contributed by atoms with E-state index in [4.69, 9.17) is 18.0 Å². The van der Waals surface area contributed by atoms with Crippen LogP contribution < -0.4 is 10.6 Å². The quantitative estimate of drug-likeness (QED) is 0.847. The Morgan fingerprint density at radius 2 is 2.29 bits per heavy atom. The average molecular weight is 320 g/mol. The van der Waals surface area contributed by atoms with Gasteiger partial charge >= 0.3 is 0 Å². The van der Waals surface area contributed by atoms with E-state index in [9.17, 15) is 4.39 Å². The molecule has 6 heteroatoms. The number of pyridine rings is 1. The molecule has 1 aromatic rings. The Kier molecular flexibility index (Phi) is 5.27. The van der Waals surface area contributed by atoms with Crippen molar-refractivity contribution in [3.05, 3.63) is 22.6 Å². The lowest BCUT2D eigenvalue weighted by Gasteiger charge is -2.28. The molecule has 0 aliphatic rings. The Bertz CT molecular complexity index is 412. The fourth-order valence-electron chi connectivity index (χ4n) is 1.46. The number of nitrogens with zero attached hydrogens (tertiary/aromatic N) is 2. The second kappa shape index (κ2) is 6.26. The number of nitrogens with two attached hydrogens (primary N) is 1. The highest BCUT2D eigenvalue weighted by atomic mass is 79.9. The highest BCUT2D eigenvalue weighted by Crippen LogP contribution is 2.21. The van der Waals surface area contributed by atoms with E-state index in [1.807, 2.05) is 18.7 Å². The third-order valence-electron chi connectivity index (χ3n) is 2.28. The molecule has 17 heavy (non-hydrogen) atoms. The summed E-state index contributed by atoms with van der Waals surface area (Å²) < 4.78 is 14.4. The predicted molar refractivity (Wildman–Crippen MR) is 75.8 cm³/mol. The molecule has 0 radical (unpaired) electrons. The first-order chi connectivity index (χ1) is 7.91. The minimum Gasteiger partial charge on any atom is -0.393 e. The van der Waals surface area contributed by atoms with Gasteiger partial charge in [-0.15, -0.1) is 0 Å². The van der Waals surface area contributed by atoms with Crippen LogP contribution in [0.25, 0.3) is 0 Å². The van der Waals surface area contributed by atoms with Gasteiger partial charge in [0.2, 0.25) is 0 Å². The monoisotopic (exact) mass is 319 g/mol. The minimum atomic E-state index is -0.351. The van der Waals surface area contributed by atoms with Gasteiger partial charge in [-0.2, -0.15) is 0 Å². The van der Waals surface area contributed by atoms with Gasteiger partial charge in [0.25, 0.3) is 0 Å². The lowest BCUT2D eigenvalue weighted by Crippen LogP contribution is -2.35. The molecular weight excluding hydrogens is 305 g/mol. The Morgan fingerprint density at radius 1 is 1.65 bits per heavy atom. The summed E-state index contributed by atoms with van der Waals surface area (Å²) in [7, 11) is 0. The van der Waals surface area contributed by atoms with Gasteiger partial charge in [-0.1, -0.05) is 12.2 Å². The SMILES string of the molecule is CC(C)N(CCC(N)=S)c1ncc(Br)cc1F. The molecule has 0 bridgehead atoms. The number of rotatable bonds is 5. The van der Waals surface area contributed by atoms with Crippen molar-refractivity contribution in [2.45, 2.75) is 26.3 Å². The van der Waals surface area contributed by atoms with Crippen molar-refractivity contribution in [2.24, 2.45) is 5.73 Å². The number of anilines is 1. The molecule has 0 aliphatic heterocycles. The second-order valence-electron chi connectivity index (χ2n) is 3.96. The molecule has 0 aromatic carbocycles. The van der Waals surface area contributed by atoms with Crippen LogP contribution in [-0.2, 0) is 0 Å². The summed E-state index contributed by atoms with van der Waals surface area (Å²) >= 11 is 8.02. The zero-order valence-corrected chi connectivity index (χ0v) is 12.2. The Morgan fingerprint density at radius 3 is 2.76 bits per heavy atom. The summed E-state index contributed by atoms with van der Waals surface area (Å²) in [5.74, 6) is -0.0181. The van der Waals surface area contributed by atoms with Crippen LogP contribution in [0.15, 0.2) is 16.7 Å². The molecule has 0 unspecified atom stereocenters. The molecule has 1 heterocycles. The van der Waals surface area contributed by atoms with Gasteiger partial charge in [-0.05, 0) is 35.8 Å². The van der Waals surface area contributed by atoms with E-state index in [2.05, 4.69) is 20.9 Å². The number of thiocarbonyl (C=S) groups is 1. The van der Waals surface area contributed by atoms with Gasteiger partial charge in [0.15, 0.2) is 11.6 Å². The second-order valence-corrected chi connectivity index (χ2v) is 5.40. The summed E-state index contributed by atoms with van der Waals surface area (Å²) in [5.41, 5.74) is 5.46. The molecule has 1 aromatic heterocycles. The molecule has 0 atom stereocenters. The van der Waals surface area contributed by atoms with Gasteiger partial charge in [0.05, 0.1) is 4.99 Å². The lowest BCUT2D eigenvalue weighted by atomic mass is 10.2. The first kappa shape index (κ1) is 14.3. The summed E-state index contributed by atoms with van der Waals surface area (Å²) in [6.07, 6.45) is 2.12. The molecule has 3 nitrogen and oxygen atoms in total. The Balaban J connectivity index is 2.93. The standard InChI is InChI=1S/C11H15BrFN3S/c1-7(2)16(4-3-10(14)17)11-9(13)5-8(12)6-15-11/h5-7H,3-4H2,1-2H3,(H2,14,17). The summed E-state index contributed by atoms with van der Waals surface area (Å²) in [4.78, 5) is 6.37. The fourth-order valence-corrected chi connectivity index (χ4v) is 1.85. The lowest BCUT2D eigenvalue weighted by molar-refractivity contribution is 0.590. The van der Waals surface area contributed by atoms with E-state index in [-0.39, 0.29) is 11.9 Å². The van der Waals surface area contributed by atoms with E-state index >= 15 is 0 Å². The Labute approximate surface area is 114 Å². The predicted octanol–water partition coefficient (Wildman–Crippen LogP) is 2.87. The topological polar surface area (TPSA) is 42.1 Å². The van der Waals surface area contributed by atoms with Crippen molar-refractivity contribution in [1.82, 2.24) is 4.98 Å². The number of halogens is 2. The molecular formula is C11H15BrFN3S. The molecule has 0 aliphatic carbocycles. The number of hydrogen-bond donors (Lipinski definition) is 1. The maximum Gasteiger partial charge on any atom is 0.166 e. The molecule has 2 N–H and O–H groups in total. The molecule has 0 spiro atoms. The molecule has 94 valence electrons. The van der Waals surface area contributed by atoms with Gasteiger partial charge in [-0.3, -0.25) is 0 Å². The van der Waals surface area contributed by atoms with Crippen LogP contribution in [0.3, 0.4) is 0 Å². The van der Waals surface area contributed by atoms with E-state index < -0.39 is 0 Å². The Hall–Kier alpha value is -0.750. The first-order valence-electron chi connectivity index (χ1n) is 5.27. The number of aromatic nitrogens is 1. The van der Waals surface area contributed by atoms with Crippen LogP contribution in [0.2, 0.25) is 0 Å². The molecule has 0 saturated heterocycles. The van der Waals surface area contributed by atoms with E-state index in [1.54, 1.807) is 6.20 Å². The van der Waals surface area contributed by atoms with Crippen molar-refractivity contribution in [1.29, 1.82) is 0 Å². The highest BCUT2D eigenvalue weighted by molar-refractivity contribution is 9.10. The van der Waals surface area contributed by atoms with Gasteiger partial charge < -0.3 is 10.6 Å².